The van der Waals surface area contributed by atoms with Crippen LogP contribution in [0.3, 0.4) is 0 Å². The highest BCUT2D eigenvalue weighted by atomic mass is 19.4. The first-order valence-electron chi connectivity index (χ1n) is 8.76. The SMILES string of the molecule is CC(C)c1nc(-c2cnc(N)c(OC(F)(F)F)c2)cn1[C@H]1[C@@H]2CC(=O)C[C@@H]21. The summed E-state index contributed by atoms with van der Waals surface area (Å²) in [6.07, 6.45) is -0.463. The van der Waals surface area contributed by atoms with E-state index in [1.165, 1.54) is 12.3 Å². The number of anilines is 1. The maximum Gasteiger partial charge on any atom is 0.573 e. The van der Waals surface area contributed by atoms with E-state index in [9.17, 15) is 18.0 Å². The Morgan fingerprint density at radius 2 is 1.96 bits per heavy atom. The zero-order chi connectivity index (χ0) is 19.5. The fourth-order valence-corrected chi connectivity index (χ4v) is 4.01. The molecular formula is C18H19F3N4O2. The Labute approximate surface area is 153 Å². The molecule has 27 heavy (non-hydrogen) atoms. The lowest BCUT2D eigenvalue weighted by molar-refractivity contribution is -0.274. The normalized spacial score (nSPS) is 24.4. The average Bonchev–Trinajstić information content (AvgIpc) is 2.94. The molecule has 0 aliphatic heterocycles. The maximum atomic E-state index is 12.6. The molecule has 0 amide bonds. The molecule has 2 aromatic heterocycles. The number of alkyl halides is 3. The molecule has 2 aliphatic rings. The van der Waals surface area contributed by atoms with Crippen molar-refractivity contribution in [2.45, 2.75) is 45.0 Å². The molecule has 2 aliphatic carbocycles. The summed E-state index contributed by atoms with van der Waals surface area (Å²) < 4.78 is 43.7. The predicted octanol–water partition coefficient (Wildman–Crippen LogP) is 3.70. The summed E-state index contributed by atoms with van der Waals surface area (Å²) in [7, 11) is 0. The number of aromatic nitrogens is 3. The number of ether oxygens (including phenoxy) is 1. The Balaban J connectivity index is 1.68. The summed E-state index contributed by atoms with van der Waals surface area (Å²) in [6.45, 7) is 4.01. The van der Waals surface area contributed by atoms with Crippen molar-refractivity contribution >= 4 is 11.6 Å². The van der Waals surface area contributed by atoms with Crippen LogP contribution in [0.15, 0.2) is 18.5 Å². The Morgan fingerprint density at radius 3 is 2.56 bits per heavy atom. The van der Waals surface area contributed by atoms with Crippen molar-refractivity contribution in [1.29, 1.82) is 0 Å². The molecular weight excluding hydrogens is 361 g/mol. The molecule has 9 heteroatoms. The number of nitrogen functional groups attached to an aromatic ring is 1. The first-order chi connectivity index (χ1) is 12.6. The lowest BCUT2D eigenvalue weighted by Crippen LogP contribution is -2.18. The highest BCUT2D eigenvalue weighted by Crippen LogP contribution is 2.60. The van der Waals surface area contributed by atoms with E-state index < -0.39 is 12.1 Å². The molecule has 6 nitrogen and oxygen atoms in total. The first kappa shape index (κ1) is 17.8. The number of hydrogen-bond donors (Lipinski definition) is 1. The van der Waals surface area contributed by atoms with Crippen LogP contribution in [0.4, 0.5) is 19.0 Å². The van der Waals surface area contributed by atoms with Gasteiger partial charge in [-0.2, -0.15) is 0 Å². The van der Waals surface area contributed by atoms with Gasteiger partial charge in [-0.25, -0.2) is 9.97 Å². The smallest absolute Gasteiger partial charge is 0.402 e. The van der Waals surface area contributed by atoms with Crippen LogP contribution in [0, 0.1) is 11.8 Å². The van der Waals surface area contributed by atoms with Crippen LogP contribution in [0.2, 0.25) is 0 Å². The molecule has 2 saturated carbocycles. The Morgan fingerprint density at radius 1 is 1.30 bits per heavy atom. The molecule has 2 heterocycles. The summed E-state index contributed by atoms with van der Waals surface area (Å²) in [5.74, 6) is 1.06. The second-order valence-corrected chi connectivity index (χ2v) is 7.47. The third-order valence-corrected chi connectivity index (χ3v) is 5.21. The minimum atomic E-state index is -4.85. The highest BCUT2D eigenvalue weighted by Gasteiger charge is 2.57. The number of rotatable bonds is 4. The minimum absolute atomic E-state index is 0.128. The number of carbonyl (C=O) groups is 1. The number of halogens is 3. The number of imidazole rings is 1. The van der Waals surface area contributed by atoms with E-state index in [0.29, 0.717) is 41.7 Å². The molecule has 0 saturated heterocycles. The fourth-order valence-electron chi connectivity index (χ4n) is 4.01. The summed E-state index contributed by atoms with van der Waals surface area (Å²) in [5.41, 5.74) is 6.40. The second-order valence-electron chi connectivity index (χ2n) is 7.47. The van der Waals surface area contributed by atoms with Crippen LogP contribution < -0.4 is 10.5 Å². The van der Waals surface area contributed by atoms with Crippen LogP contribution in [0.1, 0.15) is 44.5 Å². The Bertz CT molecular complexity index is 892. The molecule has 2 fully saturated rings. The number of Topliss-reactive ketones (excluding diaryl/α,β-unsaturated/α-hetero) is 1. The molecule has 2 N–H and O–H groups in total. The number of ketones is 1. The zero-order valence-corrected chi connectivity index (χ0v) is 14.8. The predicted molar refractivity (Wildman–Crippen MR) is 90.9 cm³/mol. The molecule has 0 radical (unpaired) electrons. The van der Waals surface area contributed by atoms with Crippen LogP contribution in [0.5, 0.6) is 5.75 Å². The third kappa shape index (κ3) is 3.26. The second kappa shape index (κ2) is 5.97. The van der Waals surface area contributed by atoms with Gasteiger partial charge in [0.2, 0.25) is 0 Å². The molecule has 144 valence electrons. The van der Waals surface area contributed by atoms with Gasteiger partial charge in [0.25, 0.3) is 0 Å². The molecule has 3 atom stereocenters. The first-order valence-corrected chi connectivity index (χ1v) is 8.76. The number of carbonyl (C=O) groups excluding carboxylic acids is 1. The molecule has 0 aromatic carbocycles. The molecule has 0 spiro atoms. The monoisotopic (exact) mass is 380 g/mol. The zero-order valence-electron chi connectivity index (χ0n) is 14.8. The van der Waals surface area contributed by atoms with Gasteiger partial charge in [0.1, 0.15) is 11.6 Å². The largest absolute Gasteiger partial charge is 0.573 e. The topological polar surface area (TPSA) is 83.0 Å². The van der Waals surface area contributed by atoms with Crippen LogP contribution in [-0.2, 0) is 4.79 Å². The fraction of sp³-hybridized carbons (Fsp3) is 0.500. The van der Waals surface area contributed by atoms with Gasteiger partial charge in [-0.05, 0) is 17.9 Å². The third-order valence-electron chi connectivity index (χ3n) is 5.21. The lowest BCUT2D eigenvalue weighted by atomic mass is 10.2. The van der Waals surface area contributed by atoms with Crippen molar-refractivity contribution in [3.63, 3.8) is 0 Å². The van der Waals surface area contributed by atoms with Gasteiger partial charge in [0.15, 0.2) is 11.6 Å². The summed E-state index contributed by atoms with van der Waals surface area (Å²) in [5, 5.41) is 0. The van der Waals surface area contributed by atoms with Crippen LogP contribution >= 0.6 is 0 Å². The van der Waals surface area contributed by atoms with Crippen molar-refractivity contribution in [3.05, 3.63) is 24.3 Å². The minimum Gasteiger partial charge on any atom is -0.402 e. The van der Waals surface area contributed by atoms with Gasteiger partial charge >= 0.3 is 6.36 Å². The van der Waals surface area contributed by atoms with Crippen molar-refractivity contribution in [3.8, 4) is 17.0 Å². The number of hydrogen-bond acceptors (Lipinski definition) is 5. The van der Waals surface area contributed by atoms with E-state index in [1.807, 2.05) is 20.0 Å². The summed E-state index contributed by atoms with van der Waals surface area (Å²) in [6, 6.07) is 1.43. The molecule has 0 unspecified atom stereocenters. The van der Waals surface area contributed by atoms with E-state index in [2.05, 4.69) is 19.3 Å². The van der Waals surface area contributed by atoms with Crippen molar-refractivity contribution in [2.24, 2.45) is 11.8 Å². The highest BCUT2D eigenvalue weighted by molar-refractivity contribution is 5.83. The van der Waals surface area contributed by atoms with Crippen molar-refractivity contribution in [2.75, 3.05) is 5.73 Å². The lowest BCUT2D eigenvalue weighted by Gasteiger charge is -2.11. The van der Waals surface area contributed by atoms with Gasteiger partial charge in [0.05, 0.1) is 5.69 Å². The summed E-state index contributed by atoms with van der Waals surface area (Å²) in [4.78, 5) is 20.0. The Hall–Kier alpha value is -2.58. The molecule has 0 bridgehead atoms. The van der Waals surface area contributed by atoms with Crippen LogP contribution in [0.25, 0.3) is 11.3 Å². The van der Waals surface area contributed by atoms with E-state index in [1.54, 1.807) is 0 Å². The number of nitrogens with two attached hydrogens (primary N) is 1. The molecule has 2 aromatic rings. The van der Waals surface area contributed by atoms with Gasteiger partial charge in [0, 0.05) is 42.8 Å². The van der Waals surface area contributed by atoms with Gasteiger partial charge < -0.3 is 15.0 Å². The molecule has 4 rings (SSSR count). The maximum absolute atomic E-state index is 12.6. The van der Waals surface area contributed by atoms with E-state index in [-0.39, 0.29) is 17.8 Å². The van der Waals surface area contributed by atoms with E-state index >= 15 is 0 Å². The number of fused-ring (bicyclic) bond motifs is 1. The van der Waals surface area contributed by atoms with Crippen molar-refractivity contribution in [1.82, 2.24) is 14.5 Å². The van der Waals surface area contributed by atoms with Gasteiger partial charge in [-0.1, -0.05) is 13.8 Å². The number of pyridine rings is 1. The standard InChI is InChI=1S/C18H19F3N4O2/c1-8(2)17-24-13(7-25(17)15-11-4-10(26)5-12(11)15)9-3-14(16(22)23-6-9)27-18(19,20)21/h3,6-8,11-12,15H,4-5H2,1-2H3,(H2,22,23)/t11-,12+,15+. The van der Waals surface area contributed by atoms with Crippen molar-refractivity contribution < 1.29 is 22.7 Å². The Kier molecular flexibility index (Phi) is 3.94. The van der Waals surface area contributed by atoms with E-state index in [0.717, 1.165) is 5.82 Å². The van der Waals surface area contributed by atoms with E-state index in [4.69, 9.17) is 5.73 Å². The summed E-state index contributed by atoms with van der Waals surface area (Å²) >= 11 is 0. The number of nitrogens with zero attached hydrogens (tertiary/aromatic N) is 3. The van der Waals surface area contributed by atoms with Crippen LogP contribution in [-0.4, -0.2) is 26.7 Å². The van der Waals surface area contributed by atoms with Gasteiger partial charge in [-0.3, -0.25) is 4.79 Å². The van der Waals surface area contributed by atoms with Gasteiger partial charge in [-0.15, -0.1) is 13.2 Å². The average molecular weight is 380 g/mol. The quantitative estimate of drug-likeness (QED) is 0.875.